The lowest BCUT2D eigenvalue weighted by molar-refractivity contribution is -0.116. The monoisotopic (exact) mass is 389 g/mol. The van der Waals surface area contributed by atoms with Crippen LogP contribution >= 0.6 is 0 Å². The second-order valence-corrected chi connectivity index (χ2v) is 7.02. The molecule has 1 aromatic carbocycles. The van der Waals surface area contributed by atoms with Crippen molar-refractivity contribution in [3.8, 4) is 11.6 Å². The number of ether oxygens (including phenoxy) is 1. The molecule has 4 heterocycles. The van der Waals surface area contributed by atoms with Crippen molar-refractivity contribution in [1.29, 1.82) is 0 Å². The zero-order chi connectivity index (χ0) is 20.1. The molecule has 9 nitrogen and oxygen atoms in total. The lowest BCUT2D eigenvalue weighted by Crippen LogP contribution is -2.25. The molecule has 0 saturated carbocycles. The first-order chi connectivity index (χ1) is 14.1. The van der Waals surface area contributed by atoms with Gasteiger partial charge in [-0.2, -0.15) is 14.3 Å². The Morgan fingerprint density at radius 3 is 2.76 bits per heavy atom. The van der Waals surface area contributed by atoms with Crippen LogP contribution in [0.5, 0.6) is 5.75 Å². The van der Waals surface area contributed by atoms with Crippen molar-refractivity contribution >= 4 is 17.4 Å². The third-order valence-electron chi connectivity index (χ3n) is 5.24. The summed E-state index contributed by atoms with van der Waals surface area (Å²) in [5, 5.41) is 20.4. The molecule has 1 amide bonds. The number of hydrogen-bond acceptors (Lipinski definition) is 6. The van der Waals surface area contributed by atoms with Gasteiger partial charge in [0.25, 0.3) is 0 Å². The molecule has 1 aliphatic heterocycles. The molecule has 1 atom stereocenters. The van der Waals surface area contributed by atoms with E-state index in [0.29, 0.717) is 29.5 Å². The van der Waals surface area contributed by atoms with Gasteiger partial charge in [-0.05, 0) is 32.0 Å². The van der Waals surface area contributed by atoms with Crippen molar-refractivity contribution in [2.24, 2.45) is 0 Å². The number of rotatable bonds is 3. The van der Waals surface area contributed by atoms with E-state index in [4.69, 9.17) is 9.84 Å². The number of methoxy groups -OCH3 is 1. The van der Waals surface area contributed by atoms with E-state index >= 15 is 0 Å². The van der Waals surface area contributed by atoms with Crippen LogP contribution in [0, 0.1) is 13.8 Å². The predicted octanol–water partition coefficient (Wildman–Crippen LogP) is 2.41. The molecule has 4 aromatic rings. The minimum atomic E-state index is -0.149. The Labute approximate surface area is 166 Å². The van der Waals surface area contributed by atoms with Gasteiger partial charge in [-0.3, -0.25) is 4.79 Å². The summed E-state index contributed by atoms with van der Waals surface area (Å²) in [6, 6.07) is 11.4. The number of aromatic nitrogens is 6. The summed E-state index contributed by atoms with van der Waals surface area (Å²) < 4.78 is 8.87. The van der Waals surface area contributed by atoms with Crippen LogP contribution in [0.15, 0.2) is 36.4 Å². The Hall–Kier alpha value is -3.75. The number of amides is 1. The van der Waals surface area contributed by atoms with Crippen LogP contribution in [0.3, 0.4) is 0 Å². The minimum Gasteiger partial charge on any atom is -0.496 e. The molecule has 29 heavy (non-hydrogen) atoms. The lowest BCUT2D eigenvalue weighted by Gasteiger charge is -2.25. The van der Waals surface area contributed by atoms with Gasteiger partial charge < -0.3 is 10.1 Å². The Balaban J connectivity index is 1.70. The Morgan fingerprint density at radius 2 is 1.93 bits per heavy atom. The van der Waals surface area contributed by atoms with Crippen LogP contribution in [0.1, 0.15) is 35.0 Å². The number of carbonyl (C=O) groups excluding carboxylic acids is 1. The van der Waals surface area contributed by atoms with Gasteiger partial charge in [0.1, 0.15) is 11.6 Å². The number of benzene rings is 1. The summed E-state index contributed by atoms with van der Waals surface area (Å²) in [5.41, 5.74) is 3.42. The number of carbonyl (C=O) groups is 1. The van der Waals surface area contributed by atoms with Gasteiger partial charge in [-0.25, -0.2) is 0 Å². The van der Waals surface area contributed by atoms with Crippen LogP contribution in [0.2, 0.25) is 0 Å². The topological polar surface area (TPSA) is 99.2 Å². The van der Waals surface area contributed by atoms with E-state index < -0.39 is 0 Å². The summed E-state index contributed by atoms with van der Waals surface area (Å²) >= 11 is 0. The van der Waals surface area contributed by atoms with E-state index in [1.807, 2.05) is 50.2 Å². The van der Waals surface area contributed by atoms with Crippen LogP contribution < -0.4 is 10.1 Å². The molecule has 5 rings (SSSR count). The van der Waals surface area contributed by atoms with Gasteiger partial charge >= 0.3 is 0 Å². The smallest absolute Gasteiger partial charge is 0.226 e. The van der Waals surface area contributed by atoms with E-state index in [1.165, 1.54) is 0 Å². The number of fused-ring (bicyclic) bond motifs is 2. The van der Waals surface area contributed by atoms with Gasteiger partial charge in [0.15, 0.2) is 17.3 Å². The van der Waals surface area contributed by atoms with Crippen molar-refractivity contribution in [2.45, 2.75) is 26.2 Å². The van der Waals surface area contributed by atoms with E-state index in [-0.39, 0.29) is 11.8 Å². The predicted molar refractivity (Wildman–Crippen MR) is 105 cm³/mol. The van der Waals surface area contributed by atoms with Gasteiger partial charge in [-0.15, -0.1) is 15.3 Å². The zero-order valence-electron chi connectivity index (χ0n) is 16.2. The molecule has 0 radical (unpaired) electrons. The number of nitrogens with zero attached hydrogens (tertiary/aromatic N) is 6. The highest BCUT2D eigenvalue weighted by Crippen LogP contribution is 2.42. The first kappa shape index (κ1) is 17.4. The standard InChI is InChI=1S/C20H19N7O2/c1-11-19-14(13-6-4-5-7-15(13)29-3)10-18(28)21-20(19)27(24-11)17-9-8-16-23-22-12(2)26(16)25-17/h4-9,14H,10H2,1-3H3,(H,21,28)/t14-/m0/s1. The van der Waals surface area contributed by atoms with Gasteiger partial charge in [0.2, 0.25) is 5.91 Å². The second-order valence-electron chi connectivity index (χ2n) is 7.02. The van der Waals surface area contributed by atoms with Crippen molar-refractivity contribution in [2.75, 3.05) is 12.4 Å². The molecule has 1 aliphatic rings. The fourth-order valence-corrected chi connectivity index (χ4v) is 3.93. The molecule has 0 unspecified atom stereocenters. The molecule has 9 heteroatoms. The van der Waals surface area contributed by atoms with Gasteiger partial charge in [-0.1, -0.05) is 18.2 Å². The van der Waals surface area contributed by atoms with E-state index in [1.54, 1.807) is 16.3 Å². The fraction of sp³-hybridized carbons (Fsp3) is 0.250. The third-order valence-corrected chi connectivity index (χ3v) is 5.24. The summed E-state index contributed by atoms with van der Waals surface area (Å²) in [4.78, 5) is 12.6. The maximum Gasteiger partial charge on any atom is 0.226 e. The second kappa shape index (κ2) is 6.40. The van der Waals surface area contributed by atoms with Crippen molar-refractivity contribution < 1.29 is 9.53 Å². The van der Waals surface area contributed by atoms with E-state index in [9.17, 15) is 4.79 Å². The maximum atomic E-state index is 12.6. The molecule has 0 fully saturated rings. The minimum absolute atomic E-state index is 0.0730. The van der Waals surface area contributed by atoms with Gasteiger partial charge in [0.05, 0.1) is 12.8 Å². The van der Waals surface area contributed by atoms with Crippen molar-refractivity contribution in [3.63, 3.8) is 0 Å². The molecule has 146 valence electrons. The highest BCUT2D eigenvalue weighted by molar-refractivity contribution is 5.95. The third kappa shape index (κ3) is 2.65. The van der Waals surface area contributed by atoms with Crippen molar-refractivity contribution in [3.05, 3.63) is 59.0 Å². The average molecular weight is 389 g/mol. The SMILES string of the molecule is COc1ccccc1[C@@H]1CC(=O)Nc2c1c(C)nn2-c1ccc2nnc(C)n2n1. The molecular weight excluding hydrogens is 370 g/mol. The maximum absolute atomic E-state index is 12.6. The normalized spacial score (nSPS) is 16.0. The number of anilines is 1. The molecule has 1 N–H and O–H groups in total. The number of aryl methyl sites for hydroxylation is 2. The fourth-order valence-electron chi connectivity index (χ4n) is 3.93. The number of hydrogen-bond donors (Lipinski definition) is 1. The van der Waals surface area contributed by atoms with Crippen LogP contribution in [-0.4, -0.2) is 42.6 Å². The Kier molecular flexibility index (Phi) is 3.83. The quantitative estimate of drug-likeness (QED) is 0.578. The molecule has 0 aliphatic carbocycles. The largest absolute Gasteiger partial charge is 0.496 e. The molecule has 0 saturated heterocycles. The summed E-state index contributed by atoms with van der Waals surface area (Å²) in [7, 11) is 1.64. The molecule has 0 bridgehead atoms. The number of para-hydroxylation sites is 1. The Morgan fingerprint density at radius 1 is 1.10 bits per heavy atom. The highest BCUT2D eigenvalue weighted by atomic mass is 16.5. The van der Waals surface area contributed by atoms with Gasteiger partial charge in [0, 0.05) is 23.5 Å². The first-order valence-corrected chi connectivity index (χ1v) is 9.28. The van der Waals surface area contributed by atoms with Crippen LogP contribution in [-0.2, 0) is 4.79 Å². The Bertz CT molecular complexity index is 1260. The first-order valence-electron chi connectivity index (χ1n) is 9.28. The summed E-state index contributed by atoms with van der Waals surface area (Å²) in [5.74, 6) is 2.42. The molecule has 0 spiro atoms. The lowest BCUT2D eigenvalue weighted by atomic mass is 9.85. The summed E-state index contributed by atoms with van der Waals surface area (Å²) in [6.07, 6.45) is 0.330. The van der Waals surface area contributed by atoms with Crippen LogP contribution in [0.25, 0.3) is 11.5 Å². The summed E-state index contributed by atoms with van der Waals surface area (Å²) in [6.45, 7) is 3.78. The molecular formula is C20H19N7O2. The number of nitrogens with one attached hydrogen (secondary N) is 1. The molecule has 3 aromatic heterocycles. The van der Waals surface area contributed by atoms with Crippen molar-refractivity contribution in [1.82, 2.24) is 29.6 Å². The van der Waals surface area contributed by atoms with E-state index in [2.05, 4.69) is 20.6 Å². The zero-order valence-corrected chi connectivity index (χ0v) is 16.2. The van der Waals surface area contributed by atoms with E-state index in [0.717, 1.165) is 22.6 Å². The average Bonchev–Trinajstić information content (AvgIpc) is 3.27. The highest BCUT2D eigenvalue weighted by Gasteiger charge is 2.34. The van der Waals surface area contributed by atoms with Crippen LogP contribution in [0.4, 0.5) is 5.82 Å².